The lowest BCUT2D eigenvalue weighted by atomic mass is 9.86. The number of nitrogens with zero attached hydrogens (tertiary/aromatic N) is 8. The largest absolute Gasteiger partial charge is 0.488 e. The number of nitrogens with one attached hydrogen (secondary N) is 2. The zero-order valence-electron chi connectivity index (χ0n) is 34.1. The van der Waals surface area contributed by atoms with Crippen molar-refractivity contribution in [3.63, 3.8) is 0 Å². The van der Waals surface area contributed by atoms with Crippen LogP contribution in [0.15, 0.2) is 53.6 Å². The Balaban J connectivity index is 0.677. The number of hydrogen-bond donors (Lipinski definition) is 2. The second-order valence-corrected chi connectivity index (χ2v) is 17.7. The van der Waals surface area contributed by atoms with Gasteiger partial charge in [-0.2, -0.15) is 5.10 Å². The van der Waals surface area contributed by atoms with Gasteiger partial charge in [-0.1, -0.05) is 0 Å². The molecule has 0 bridgehead atoms. The molecule has 2 amide bonds. The predicted molar refractivity (Wildman–Crippen MR) is 225 cm³/mol. The van der Waals surface area contributed by atoms with Gasteiger partial charge in [0.15, 0.2) is 0 Å². The Morgan fingerprint density at radius 2 is 1.59 bits per heavy atom. The normalized spacial score (nSPS) is 24.2. The van der Waals surface area contributed by atoms with Crippen LogP contribution >= 0.6 is 0 Å². The number of aromatic nitrogens is 6. The first kappa shape index (κ1) is 38.0. The molecule has 5 fully saturated rings. The Hall–Kier alpha value is -5.28. The molecule has 5 aromatic rings. The van der Waals surface area contributed by atoms with E-state index in [1.54, 1.807) is 17.9 Å². The van der Waals surface area contributed by atoms with Gasteiger partial charge in [-0.05, 0) is 107 Å². The summed E-state index contributed by atoms with van der Waals surface area (Å²) in [5.74, 6) is 1.82. The van der Waals surface area contributed by atoms with Crippen molar-refractivity contribution in [2.45, 2.75) is 95.0 Å². The highest BCUT2D eigenvalue weighted by Gasteiger charge is 2.40. The molecular weight excluding hydrogens is 749 g/mol. The molecule has 59 heavy (non-hydrogen) atoms. The van der Waals surface area contributed by atoms with Crippen molar-refractivity contribution in [3.8, 4) is 17.1 Å². The molecule has 310 valence electrons. The van der Waals surface area contributed by atoms with Gasteiger partial charge >= 0.3 is 5.69 Å². The van der Waals surface area contributed by atoms with Gasteiger partial charge in [0.2, 0.25) is 11.8 Å². The predicted octanol–water partition coefficient (Wildman–Crippen LogP) is 4.95. The minimum Gasteiger partial charge on any atom is -0.488 e. The van der Waals surface area contributed by atoms with E-state index in [0.29, 0.717) is 24.0 Å². The van der Waals surface area contributed by atoms with E-state index in [1.807, 2.05) is 24.3 Å². The molecule has 0 spiro atoms. The fourth-order valence-electron chi connectivity index (χ4n) is 9.74. The van der Waals surface area contributed by atoms with Gasteiger partial charge in [0.1, 0.15) is 35.2 Å². The molecule has 10 rings (SSSR count). The van der Waals surface area contributed by atoms with Crippen LogP contribution in [0.5, 0.6) is 5.75 Å². The quantitative estimate of drug-likeness (QED) is 0.184. The molecule has 15 heteroatoms. The molecule has 1 atom stereocenters. The smallest absolute Gasteiger partial charge is 0.329 e. The van der Waals surface area contributed by atoms with E-state index in [1.165, 1.54) is 17.4 Å². The second-order valence-electron chi connectivity index (χ2n) is 17.7. The molecule has 6 heterocycles. The first-order chi connectivity index (χ1) is 28.7. The Bertz CT molecular complexity index is 2430. The Labute approximate surface area is 343 Å². The maximum atomic E-state index is 13.2. The fourth-order valence-corrected chi connectivity index (χ4v) is 9.74. The molecule has 3 aromatic heterocycles. The number of ether oxygens (including phenoxy) is 2. The summed E-state index contributed by atoms with van der Waals surface area (Å²) in [7, 11) is 1.74. The number of aryl methyl sites for hydroxylation is 1. The van der Waals surface area contributed by atoms with E-state index < -0.39 is 11.9 Å². The number of fused-ring (bicyclic) bond motifs is 2. The van der Waals surface area contributed by atoms with E-state index in [4.69, 9.17) is 9.47 Å². The maximum absolute atomic E-state index is 13.2. The molecule has 2 N–H and O–H groups in total. The number of carbonyl (C=O) groups excluding carboxylic acids is 2. The number of aromatic amines is 1. The van der Waals surface area contributed by atoms with Crippen LogP contribution in [0.3, 0.4) is 0 Å². The lowest BCUT2D eigenvalue weighted by Gasteiger charge is -2.39. The van der Waals surface area contributed by atoms with Crippen LogP contribution in [0.4, 0.5) is 11.5 Å². The molecule has 2 aliphatic carbocycles. The average Bonchev–Trinajstić information content (AvgIpc) is 3.73. The van der Waals surface area contributed by atoms with Gasteiger partial charge < -0.3 is 19.3 Å². The van der Waals surface area contributed by atoms with Gasteiger partial charge in [-0.25, -0.2) is 14.8 Å². The highest BCUT2D eigenvalue weighted by molar-refractivity contribution is 6.00. The average molecular weight is 803 g/mol. The fraction of sp³-hybridized carbons (Fsp3) is 0.545. The number of piperidine rings is 2. The highest BCUT2D eigenvalue weighted by Crippen LogP contribution is 2.41. The summed E-state index contributed by atoms with van der Waals surface area (Å²) in [4.78, 5) is 54.2. The van der Waals surface area contributed by atoms with Crippen LogP contribution in [0.1, 0.15) is 77.2 Å². The Morgan fingerprint density at radius 1 is 0.814 bits per heavy atom. The van der Waals surface area contributed by atoms with E-state index in [9.17, 15) is 14.4 Å². The molecular formula is C44H54N10O5. The summed E-state index contributed by atoms with van der Waals surface area (Å²) in [5.41, 5.74) is 4.90. The zero-order chi connectivity index (χ0) is 40.3. The zero-order valence-corrected chi connectivity index (χ0v) is 34.1. The number of amides is 2. The second kappa shape index (κ2) is 15.4. The van der Waals surface area contributed by atoms with Gasteiger partial charge in [0, 0.05) is 76.4 Å². The number of carbonyl (C=O) groups is 2. The lowest BCUT2D eigenvalue weighted by Crippen LogP contribution is -2.48. The van der Waals surface area contributed by atoms with E-state index in [0.717, 1.165) is 129 Å². The summed E-state index contributed by atoms with van der Waals surface area (Å²) < 4.78 is 16.1. The third-order valence-corrected chi connectivity index (χ3v) is 13.5. The van der Waals surface area contributed by atoms with Crippen LogP contribution in [-0.4, -0.2) is 110 Å². The number of benzene rings is 2. The monoisotopic (exact) mass is 802 g/mol. The standard InChI is InChI=1S/C44H54N10O5/c1-44(15-16-44)59-32-8-9-34-33(24-32)41(49-48-34)35-25-39(46-27-45-35)53-21-19-51(20-22-53)26-28-3-6-30(7-4-28)58-31-13-17-52(18-14-31)29-5-10-36-38(23-29)50(2)43(57)54(36)37-11-12-40(55)47-42(37)56/h5,8-10,23-25,27-28,30-31,37H,3-4,6-7,11-22,26H2,1-2H3,(H,48,49)(H,47,55,56). The summed E-state index contributed by atoms with van der Waals surface area (Å²) in [5, 5.41) is 11.2. The third kappa shape index (κ3) is 7.70. The SMILES string of the molecule is Cn1c(=O)n(C2CCC(=O)NC2=O)c2ccc(N3CCC(OC4CCC(CN5CCN(c6cc(-c7n[nH]c8ccc(OC9(C)CC9)cc78)ncn6)CC5)CC4)CC3)cc21. The number of anilines is 2. The molecule has 2 saturated carbocycles. The van der Waals surface area contributed by atoms with Crippen molar-refractivity contribution in [1.29, 1.82) is 0 Å². The van der Waals surface area contributed by atoms with E-state index >= 15 is 0 Å². The van der Waals surface area contributed by atoms with Crippen LogP contribution in [-0.2, 0) is 21.4 Å². The number of rotatable bonds is 10. The van der Waals surface area contributed by atoms with Gasteiger partial charge in [0.25, 0.3) is 0 Å². The minimum atomic E-state index is -0.680. The number of hydrogen-bond acceptors (Lipinski definition) is 11. The Kier molecular flexibility index (Phi) is 9.90. The molecule has 0 radical (unpaired) electrons. The molecule has 3 aliphatic heterocycles. The van der Waals surface area contributed by atoms with Crippen molar-refractivity contribution in [1.82, 2.24) is 39.5 Å². The number of piperazine rings is 1. The topological polar surface area (TPSA) is 156 Å². The lowest BCUT2D eigenvalue weighted by molar-refractivity contribution is -0.135. The first-order valence-corrected chi connectivity index (χ1v) is 21.6. The highest BCUT2D eigenvalue weighted by atomic mass is 16.5. The van der Waals surface area contributed by atoms with E-state index in [-0.39, 0.29) is 29.7 Å². The van der Waals surface area contributed by atoms with Crippen molar-refractivity contribution in [2.24, 2.45) is 13.0 Å². The molecule has 2 aromatic carbocycles. The molecule has 15 nitrogen and oxygen atoms in total. The van der Waals surface area contributed by atoms with Crippen molar-refractivity contribution in [2.75, 3.05) is 55.6 Å². The number of imide groups is 1. The summed E-state index contributed by atoms with van der Waals surface area (Å²) in [6.45, 7) is 9.01. The summed E-state index contributed by atoms with van der Waals surface area (Å²) in [6.07, 6.45) is 11.6. The van der Waals surface area contributed by atoms with Crippen LogP contribution in [0.25, 0.3) is 33.3 Å². The minimum absolute atomic E-state index is 0.0405. The van der Waals surface area contributed by atoms with Crippen molar-refractivity contribution >= 4 is 45.3 Å². The van der Waals surface area contributed by atoms with Crippen molar-refractivity contribution in [3.05, 3.63) is 59.3 Å². The third-order valence-electron chi connectivity index (χ3n) is 13.5. The molecule has 3 saturated heterocycles. The van der Waals surface area contributed by atoms with E-state index in [2.05, 4.69) is 65.3 Å². The summed E-state index contributed by atoms with van der Waals surface area (Å²) >= 11 is 0. The number of imidazole rings is 1. The maximum Gasteiger partial charge on any atom is 0.329 e. The first-order valence-electron chi connectivity index (χ1n) is 21.6. The van der Waals surface area contributed by atoms with Crippen LogP contribution < -0.4 is 25.5 Å². The Morgan fingerprint density at radius 3 is 2.36 bits per heavy atom. The van der Waals surface area contributed by atoms with Crippen molar-refractivity contribution < 1.29 is 19.1 Å². The van der Waals surface area contributed by atoms with Crippen LogP contribution in [0, 0.1) is 5.92 Å². The van der Waals surface area contributed by atoms with Crippen LogP contribution in [0.2, 0.25) is 0 Å². The summed E-state index contributed by atoms with van der Waals surface area (Å²) in [6, 6.07) is 13.5. The van der Waals surface area contributed by atoms with Gasteiger partial charge in [-0.3, -0.25) is 34.0 Å². The van der Waals surface area contributed by atoms with Gasteiger partial charge in [-0.15, -0.1) is 0 Å². The molecule has 5 aliphatic rings. The van der Waals surface area contributed by atoms with Gasteiger partial charge in [0.05, 0.1) is 34.5 Å². The molecule has 1 unspecified atom stereocenters. The number of H-pyrrole nitrogens is 1.